The summed E-state index contributed by atoms with van der Waals surface area (Å²) in [5.41, 5.74) is 0.696. The van der Waals surface area contributed by atoms with E-state index in [9.17, 15) is 4.79 Å². The summed E-state index contributed by atoms with van der Waals surface area (Å²) >= 11 is 7.40. The second kappa shape index (κ2) is 6.11. The maximum atomic E-state index is 10.8. The van der Waals surface area contributed by atoms with E-state index in [1.165, 1.54) is 23.8 Å². The third kappa shape index (κ3) is 2.86. The first kappa shape index (κ1) is 14.6. The Kier molecular flexibility index (Phi) is 4.46. The standard InChI is InChI=1S/C13H12ClNO4S/c1-3-19-11-8(14)4-7(5-10(11)18-2)12-15-9(6-20-12)13(16)17/h4-6H,3H2,1-2H3,(H,16,17). The van der Waals surface area contributed by atoms with Gasteiger partial charge in [-0.3, -0.25) is 0 Å². The van der Waals surface area contributed by atoms with Crippen molar-refractivity contribution in [3.63, 3.8) is 0 Å². The molecule has 5 nitrogen and oxygen atoms in total. The molecule has 20 heavy (non-hydrogen) atoms. The number of carbonyl (C=O) groups is 1. The molecule has 0 aliphatic heterocycles. The molecule has 0 saturated carbocycles. The van der Waals surface area contributed by atoms with Crippen molar-refractivity contribution in [2.75, 3.05) is 13.7 Å². The molecule has 1 aromatic heterocycles. The van der Waals surface area contributed by atoms with E-state index in [2.05, 4.69) is 4.98 Å². The van der Waals surface area contributed by atoms with Crippen molar-refractivity contribution < 1.29 is 19.4 Å². The van der Waals surface area contributed by atoms with Gasteiger partial charge in [0.25, 0.3) is 0 Å². The summed E-state index contributed by atoms with van der Waals surface area (Å²) < 4.78 is 10.7. The summed E-state index contributed by atoms with van der Waals surface area (Å²) in [6.07, 6.45) is 0. The molecule has 0 spiro atoms. The number of thiazole rings is 1. The highest BCUT2D eigenvalue weighted by atomic mass is 35.5. The average molecular weight is 314 g/mol. The van der Waals surface area contributed by atoms with E-state index in [0.717, 1.165) is 0 Å². The van der Waals surface area contributed by atoms with Crippen LogP contribution in [0.4, 0.5) is 0 Å². The number of hydrogen-bond donors (Lipinski definition) is 1. The van der Waals surface area contributed by atoms with Gasteiger partial charge in [-0.15, -0.1) is 11.3 Å². The number of aromatic nitrogens is 1. The number of carboxylic acids is 1. The normalized spacial score (nSPS) is 10.3. The van der Waals surface area contributed by atoms with Crippen LogP contribution < -0.4 is 9.47 Å². The molecule has 0 fully saturated rings. The van der Waals surface area contributed by atoms with Crippen LogP contribution in [0.15, 0.2) is 17.5 Å². The molecule has 0 bridgehead atoms. The van der Waals surface area contributed by atoms with E-state index < -0.39 is 5.97 Å². The molecule has 0 atom stereocenters. The molecule has 1 N–H and O–H groups in total. The quantitative estimate of drug-likeness (QED) is 0.914. The Morgan fingerprint density at radius 3 is 2.80 bits per heavy atom. The number of ether oxygens (including phenoxy) is 2. The molecule has 2 rings (SSSR count). The SMILES string of the molecule is CCOc1c(Cl)cc(-c2nc(C(=O)O)cs2)cc1OC. The van der Waals surface area contributed by atoms with Gasteiger partial charge in [0.2, 0.25) is 0 Å². The van der Waals surface area contributed by atoms with Gasteiger partial charge in [0.15, 0.2) is 17.2 Å². The maximum absolute atomic E-state index is 10.8. The van der Waals surface area contributed by atoms with Crippen LogP contribution in [0.2, 0.25) is 5.02 Å². The van der Waals surface area contributed by atoms with Gasteiger partial charge in [0.1, 0.15) is 5.01 Å². The van der Waals surface area contributed by atoms with Gasteiger partial charge in [0, 0.05) is 10.9 Å². The van der Waals surface area contributed by atoms with E-state index >= 15 is 0 Å². The van der Waals surface area contributed by atoms with Crippen molar-refractivity contribution in [1.29, 1.82) is 0 Å². The fourth-order valence-electron chi connectivity index (χ4n) is 1.63. The number of nitrogens with zero attached hydrogens (tertiary/aromatic N) is 1. The Morgan fingerprint density at radius 1 is 1.50 bits per heavy atom. The third-order valence-corrected chi connectivity index (χ3v) is 3.66. The molecule has 0 unspecified atom stereocenters. The highest BCUT2D eigenvalue weighted by Crippen LogP contribution is 2.40. The maximum Gasteiger partial charge on any atom is 0.355 e. The number of benzene rings is 1. The fraction of sp³-hybridized carbons (Fsp3) is 0.231. The van der Waals surface area contributed by atoms with Crippen LogP contribution in [-0.2, 0) is 0 Å². The Morgan fingerprint density at radius 2 is 2.25 bits per heavy atom. The molecule has 0 radical (unpaired) electrons. The molecule has 7 heteroatoms. The topological polar surface area (TPSA) is 68.7 Å². The van der Waals surface area contributed by atoms with Crippen LogP contribution in [0.25, 0.3) is 10.6 Å². The largest absolute Gasteiger partial charge is 0.493 e. The van der Waals surface area contributed by atoms with Crippen molar-refractivity contribution in [2.24, 2.45) is 0 Å². The zero-order valence-electron chi connectivity index (χ0n) is 10.8. The Bertz CT molecular complexity index is 641. The lowest BCUT2D eigenvalue weighted by molar-refractivity contribution is 0.0691. The lowest BCUT2D eigenvalue weighted by atomic mass is 10.2. The first-order valence-electron chi connectivity index (χ1n) is 5.76. The minimum Gasteiger partial charge on any atom is -0.493 e. The van der Waals surface area contributed by atoms with Crippen LogP contribution in [0.5, 0.6) is 11.5 Å². The monoisotopic (exact) mass is 313 g/mol. The average Bonchev–Trinajstić information content (AvgIpc) is 2.90. The zero-order valence-corrected chi connectivity index (χ0v) is 12.4. The van der Waals surface area contributed by atoms with Crippen LogP contribution in [-0.4, -0.2) is 29.8 Å². The van der Waals surface area contributed by atoms with E-state index in [4.69, 9.17) is 26.2 Å². The Balaban J connectivity index is 2.46. The van der Waals surface area contributed by atoms with Crippen molar-refractivity contribution in [2.45, 2.75) is 6.92 Å². The number of rotatable bonds is 5. The summed E-state index contributed by atoms with van der Waals surface area (Å²) in [5.74, 6) is -0.103. The Hall–Kier alpha value is -1.79. The fourth-order valence-corrected chi connectivity index (χ4v) is 2.68. The van der Waals surface area contributed by atoms with Gasteiger partial charge in [-0.05, 0) is 19.1 Å². The molecule has 106 valence electrons. The molecular weight excluding hydrogens is 302 g/mol. The predicted molar refractivity (Wildman–Crippen MR) is 77.2 cm³/mol. The number of aromatic carboxylic acids is 1. The van der Waals surface area contributed by atoms with Crippen molar-refractivity contribution >= 4 is 28.9 Å². The lowest BCUT2D eigenvalue weighted by Gasteiger charge is -2.12. The molecule has 0 saturated heterocycles. The number of carboxylic acid groups (broad SMARTS) is 1. The van der Waals surface area contributed by atoms with E-state index in [-0.39, 0.29) is 5.69 Å². The van der Waals surface area contributed by atoms with Gasteiger partial charge in [-0.1, -0.05) is 11.6 Å². The van der Waals surface area contributed by atoms with Gasteiger partial charge in [0.05, 0.1) is 18.7 Å². The summed E-state index contributed by atoms with van der Waals surface area (Å²) in [4.78, 5) is 14.9. The van der Waals surface area contributed by atoms with Crippen LogP contribution in [0.1, 0.15) is 17.4 Å². The van der Waals surface area contributed by atoms with Gasteiger partial charge in [-0.25, -0.2) is 9.78 Å². The zero-order chi connectivity index (χ0) is 14.7. The molecule has 2 aromatic rings. The van der Waals surface area contributed by atoms with Crippen molar-refractivity contribution in [3.05, 3.63) is 28.2 Å². The van der Waals surface area contributed by atoms with Crippen LogP contribution >= 0.6 is 22.9 Å². The van der Waals surface area contributed by atoms with Crippen LogP contribution in [0.3, 0.4) is 0 Å². The summed E-state index contributed by atoms with van der Waals surface area (Å²) in [7, 11) is 1.52. The van der Waals surface area contributed by atoms with Crippen LogP contribution in [0, 0.1) is 0 Å². The minimum atomic E-state index is -1.06. The van der Waals surface area contributed by atoms with E-state index in [0.29, 0.717) is 33.7 Å². The molecule has 0 aliphatic carbocycles. The minimum absolute atomic E-state index is 0.00831. The predicted octanol–water partition coefficient (Wildman–Crippen LogP) is 3.57. The third-order valence-electron chi connectivity index (χ3n) is 2.49. The van der Waals surface area contributed by atoms with Crippen molar-refractivity contribution in [3.8, 4) is 22.1 Å². The summed E-state index contributed by atoms with van der Waals surface area (Å²) in [6, 6.07) is 3.40. The second-order valence-corrected chi connectivity index (χ2v) is 5.03. The second-order valence-electron chi connectivity index (χ2n) is 3.77. The first-order chi connectivity index (χ1) is 9.56. The van der Waals surface area contributed by atoms with Gasteiger partial charge < -0.3 is 14.6 Å². The summed E-state index contributed by atoms with van der Waals surface area (Å²) in [6.45, 7) is 2.32. The highest BCUT2D eigenvalue weighted by molar-refractivity contribution is 7.13. The number of hydrogen-bond acceptors (Lipinski definition) is 5. The van der Waals surface area contributed by atoms with Crippen molar-refractivity contribution in [1.82, 2.24) is 4.98 Å². The molecule has 0 amide bonds. The lowest BCUT2D eigenvalue weighted by Crippen LogP contribution is -1.97. The smallest absolute Gasteiger partial charge is 0.355 e. The molecule has 0 aliphatic rings. The summed E-state index contributed by atoms with van der Waals surface area (Å²) in [5, 5.41) is 11.3. The highest BCUT2D eigenvalue weighted by Gasteiger charge is 2.16. The molecular formula is C13H12ClNO4S. The van der Waals surface area contributed by atoms with Gasteiger partial charge >= 0.3 is 5.97 Å². The van der Waals surface area contributed by atoms with Gasteiger partial charge in [-0.2, -0.15) is 0 Å². The molecule has 1 aromatic carbocycles. The first-order valence-corrected chi connectivity index (χ1v) is 7.02. The number of methoxy groups -OCH3 is 1. The number of halogens is 1. The Labute approximate surface area is 124 Å². The molecule has 1 heterocycles. The van der Waals surface area contributed by atoms with E-state index in [1.807, 2.05) is 6.92 Å². The van der Waals surface area contributed by atoms with E-state index in [1.54, 1.807) is 12.1 Å².